The molecule has 1 unspecified atom stereocenters. The van der Waals surface area contributed by atoms with Crippen LogP contribution in [0.4, 0.5) is 0 Å². The maximum Gasteiger partial charge on any atom is 0.123 e. The van der Waals surface area contributed by atoms with E-state index >= 15 is 0 Å². The molecule has 2 aromatic rings. The summed E-state index contributed by atoms with van der Waals surface area (Å²) in [5.41, 5.74) is 2.03. The van der Waals surface area contributed by atoms with Crippen molar-refractivity contribution < 1.29 is 4.74 Å². The molecule has 0 aliphatic heterocycles. The van der Waals surface area contributed by atoms with E-state index in [0.717, 1.165) is 21.3 Å². The molecule has 1 atom stereocenters. The number of hydrogen-bond donors (Lipinski definition) is 0. The minimum Gasteiger partial charge on any atom is -0.496 e. The van der Waals surface area contributed by atoms with Crippen molar-refractivity contribution in [2.24, 2.45) is 0 Å². The second kappa shape index (κ2) is 5.56. The average Bonchev–Trinajstić information content (AvgIpc) is 2.39. The highest BCUT2D eigenvalue weighted by atomic mass is 79.9. The molecule has 0 aromatic heterocycles. The minimum absolute atomic E-state index is 0.205. The first-order valence-electron chi connectivity index (χ1n) is 5.25. The predicted molar refractivity (Wildman–Crippen MR) is 74.8 cm³/mol. The zero-order chi connectivity index (χ0) is 12.3. The van der Waals surface area contributed by atoms with Gasteiger partial charge in [0.2, 0.25) is 0 Å². The Morgan fingerprint density at radius 2 is 1.82 bits per heavy atom. The molecule has 0 fully saturated rings. The fourth-order valence-corrected chi connectivity index (χ4v) is 2.40. The summed E-state index contributed by atoms with van der Waals surface area (Å²) in [5.74, 6) is 0.803. The number of methoxy groups -OCH3 is 1. The Hall–Kier alpha value is -0.990. The standard InChI is InChI=1S/C14H12BrClO/c1-17-13-8-7-11(15)9-12(13)14(16)10-5-3-2-4-6-10/h2-9,14H,1H3. The lowest BCUT2D eigenvalue weighted by atomic mass is 10.0. The van der Waals surface area contributed by atoms with Crippen LogP contribution in [0.2, 0.25) is 0 Å². The molecule has 0 amide bonds. The molecule has 1 nitrogen and oxygen atoms in total. The molecule has 0 saturated carbocycles. The summed E-state index contributed by atoms with van der Waals surface area (Å²) >= 11 is 9.94. The van der Waals surface area contributed by atoms with Crippen LogP contribution in [0, 0.1) is 0 Å². The van der Waals surface area contributed by atoms with Gasteiger partial charge in [-0.05, 0) is 23.8 Å². The topological polar surface area (TPSA) is 9.23 Å². The summed E-state index contributed by atoms with van der Waals surface area (Å²) in [4.78, 5) is 0. The van der Waals surface area contributed by atoms with Gasteiger partial charge in [0, 0.05) is 10.0 Å². The number of hydrogen-bond acceptors (Lipinski definition) is 1. The summed E-state index contributed by atoms with van der Waals surface area (Å²) in [6, 6.07) is 15.8. The van der Waals surface area contributed by atoms with Crippen molar-refractivity contribution in [1.82, 2.24) is 0 Å². The zero-order valence-corrected chi connectivity index (χ0v) is 11.7. The Balaban J connectivity index is 2.43. The first-order chi connectivity index (χ1) is 8.22. The van der Waals surface area contributed by atoms with E-state index in [9.17, 15) is 0 Å². The van der Waals surface area contributed by atoms with E-state index in [2.05, 4.69) is 15.9 Å². The summed E-state index contributed by atoms with van der Waals surface area (Å²) in [6.07, 6.45) is 0. The van der Waals surface area contributed by atoms with Gasteiger partial charge < -0.3 is 4.74 Å². The molecule has 88 valence electrons. The highest BCUT2D eigenvalue weighted by molar-refractivity contribution is 9.10. The molecular formula is C14H12BrClO. The maximum absolute atomic E-state index is 6.49. The average molecular weight is 312 g/mol. The van der Waals surface area contributed by atoms with Crippen LogP contribution in [-0.2, 0) is 0 Å². The smallest absolute Gasteiger partial charge is 0.123 e. The van der Waals surface area contributed by atoms with E-state index in [-0.39, 0.29) is 5.38 Å². The maximum atomic E-state index is 6.49. The molecule has 3 heteroatoms. The fraction of sp³-hybridized carbons (Fsp3) is 0.143. The van der Waals surface area contributed by atoms with E-state index in [1.54, 1.807) is 7.11 Å². The first-order valence-corrected chi connectivity index (χ1v) is 6.48. The van der Waals surface area contributed by atoms with Gasteiger partial charge >= 0.3 is 0 Å². The van der Waals surface area contributed by atoms with Crippen LogP contribution < -0.4 is 4.74 Å². The molecule has 0 bridgehead atoms. The van der Waals surface area contributed by atoms with Gasteiger partial charge in [-0.2, -0.15) is 0 Å². The van der Waals surface area contributed by atoms with Crippen LogP contribution in [0.15, 0.2) is 53.0 Å². The summed E-state index contributed by atoms with van der Waals surface area (Å²) in [7, 11) is 1.65. The van der Waals surface area contributed by atoms with Crippen molar-refractivity contribution in [3.05, 3.63) is 64.1 Å². The summed E-state index contributed by atoms with van der Waals surface area (Å²) in [5, 5.41) is -0.205. The van der Waals surface area contributed by atoms with Crippen LogP contribution in [0.3, 0.4) is 0 Å². The monoisotopic (exact) mass is 310 g/mol. The summed E-state index contributed by atoms with van der Waals surface area (Å²) < 4.78 is 6.33. The lowest BCUT2D eigenvalue weighted by Gasteiger charge is -2.14. The predicted octanol–water partition coefficient (Wildman–Crippen LogP) is 4.79. The van der Waals surface area contributed by atoms with Gasteiger partial charge in [0.25, 0.3) is 0 Å². The quantitative estimate of drug-likeness (QED) is 0.741. The van der Waals surface area contributed by atoms with Gasteiger partial charge in [0.05, 0.1) is 12.5 Å². The third-order valence-electron chi connectivity index (χ3n) is 2.56. The number of alkyl halides is 1. The molecule has 17 heavy (non-hydrogen) atoms. The zero-order valence-electron chi connectivity index (χ0n) is 9.36. The van der Waals surface area contributed by atoms with Gasteiger partial charge in [-0.3, -0.25) is 0 Å². The molecule has 0 saturated heterocycles. The Kier molecular flexibility index (Phi) is 4.08. The lowest BCUT2D eigenvalue weighted by molar-refractivity contribution is 0.410. The van der Waals surface area contributed by atoms with E-state index in [4.69, 9.17) is 16.3 Å². The molecule has 0 aliphatic rings. The van der Waals surface area contributed by atoms with E-state index in [1.807, 2.05) is 48.5 Å². The molecule has 2 rings (SSSR count). The van der Waals surface area contributed by atoms with E-state index in [1.165, 1.54) is 0 Å². The largest absolute Gasteiger partial charge is 0.496 e. The number of halogens is 2. The minimum atomic E-state index is -0.205. The van der Waals surface area contributed by atoms with Crippen molar-refractivity contribution in [2.45, 2.75) is 5.38 Å². The van der Waals surface area contributed by atoms with Crippen LogP contribution in [0.5, 0.6) is 5.75 Å². The Morgan fingerprint density at radius 3 is 2.47 bits per heavy atom. The van der Waals surface area contributed by atoms with Crippen LogP contribution in [0.1, 0.15) is 16.5 Å². The van der Waals surface area contributed by atoms with Gasteiger partial charge in [0.1, 0.15) is 5.75 Å². The van der Waals surface area contributed by atoms with Crippen molar-refractivity contribution >= 4 is 27.5 Å². The van der Waals surface area contributed by atoms with E-state index in [0.29, 0.717) is 0 Å². The molecule has 0 N–H and O–H groups in total. The van der Waals surface area contributed by atoms with Gasteiger partial charge in [0.15, 0.2) is 0 Å². The molecule has 0 spiro atoms. The number of ether oxygens (including phenoxy) is 1. The van der Waals surface area contributed by atoms with Crippen molar-refractivity contribution in [1.29, 1.82) is 0 Å². The third kappa shape index (κ3) is 2.82. The van der Waals surface area contributed by atoms with Gasteiger partial charge in [-0.1, -0.05) is 46.3 Å². The van der Waals surface area contributed by atoms with Crippen LogP contribution in [0.25, 0.3) is 0 Å². The second-order valence-electron chi connectivity index (χ2n) is 3.66. The van der Waals surface area contributed by atoms with Gasteiger partial charge in [-0.15, -0.1) is 11.6 Å². The molecule has 0 aliphatic carbocycles. The normalized spacial score (nSPS) is 12.2. The van der Waals surface area contributed by atoms with Crippen LogP contribution in [-0.4, -0.2) is 7.11 Å². The number of rotatable bonds is 3. The molecule has 0 heterocycles. The Bertz CT molecular complexity index is 499. The fourth-order valence-electron chi connectivity index (χ4n) is 1.70. The Morgan fingerprint density at radius 1 is 1.12 bits per heavy atom. The number of benzene rings is 2. The molecule has 2 aromatic carbocycles. The molecular weight excluding hydrogens is 300 g/mol. The Labute approximate surface area is 115 Å². The highest BCUT2D eigenvalue weighted by Gasteiger charge is 2.15. The first kappa shape index (κ1) is 12.5. The van der Waals surface area contributed by atoms with Crippen molar-refractivity contribution in [3.8, 4) is 5.75 Å². The van der Waals surface area contributed by atoms with Crippen LogP contribution >= 0.6 is 27.5 Å². The second-order valence-corrected chi connectivity index (χ2v) is 5.01. The molecule has 0 radical (unpaired) electrons. The SMILES string of the molecule is COc1ccc(Br)cc1C(Cl)c1ccccc1. The highest BCUT2D eigenvalue weighted by Crippen LogP contribution is 2.36. The van der Waals surface area contributed by atoms with Crippen molar-refractivity contribution in [2.75, 3.05) is 7.11 Å². The van der Waals surface area contributed by atoms with E-state index < -0.39 is 0 Å². The van der Waals surface area contributed by atoms with Crippen molar-refractivity contribution in [3.63, 3.8) is 0 Å². The van der Waals surface area contributed by atoms with Gasteiger partial charge in [-0.25, -0.2) is 0 Å². The summed E-state index contributed by atoms with van der Waals surface area (Å²) in [6.45, 7) is 0. The third-order valence-corrected chi connectivity index (χ3v) is 3.54. The lowest BCUT2D eigenvalue weighted by Crippen LogP contribution is -1.97.